The second-order valence-corrected chi connectivity index (χ2v) is 0.313. The molecule has 0 rings (SSSR count). The first kappa shape index (κ1) is 1.20. The van der Waals surface area contributed by atoms with Gasteiger partial charge < -0.3 is 0 Å². The summed E-state index contributed by atoms with van der Waals surface area (Å²) in [5.41, 5.74) is 0. The van der Waals surface area contributed by atoms with Crippen LogP contribution >= 0.6 is 0 Å². The van der Waals surface area contributed by atoms with Crippen molar-refractivity contribution >= 4 is 0 Å². The highest BCUT2D eigenvalue weighted by Gasteiger charge is 1.38. The molecule has 0 saturated heterocycles. The molecule has 0 N–H and O–H groups in total. The molecule has 0 radical (unpaired) electrons. The van der Waals surface area contributed by atoms with Crippen molar-refractivity contribution in [2.75, 3.05) is 0 Å². The lowest BCUT2D eigenvalue weighted by Crippen LogP contribution is -1.22. The molecule has 0 unspecified atom stereocenters. The molecule has 0 aromatic rings. The third kappa shape index (κ3) is 1.67. The second-order valence-electron chi connectivity index (χ2n) is 0.313. The van der Waals surface area contributed by atoms with Crippen molar-refractivity contribution in [1.29, 1.82) is 0 Å². The summed E-state index contributed by atoms with van der Waals surface area (Å²) in [6, 6.07) is -0.282. The van der Waals surface area contributed by atoms with Crippen molar-refractivity contribution in [3.8, 4) is 0 Å². The zero-order valence-electron chi connectivity index (χ0n) is 4.16. The normalized spacial score (nSPS) is 18.8. The highest BCUT2D eigenvalue weighted by molar-refractivity contribution is 4.61. The molecule has 0 nitrogen and oxygen atoms in total. The first-order chi connectivity index (χ1) is 2.81. The molecule has 0 aromatic heterocycles. The van der Waals surface area contributed by atoms with Crippen LogP contribution in [0.4, 0.5) is 4.39 Å². The zero-order valence-corrected chi connectivity index (χ0v) is 2.16. The Morgan fingerprint density at radius 2 is 3.25 bits per heavy atom. The average Bonchev–Trinajstić information content (AvgIpc) is 1.65. The van der Waals surface area contributed by atoms with Crippen molar-refractivity contribution in [3.05, 3.63) is 12.4 Å². The summed E-state index contributed by atoms with van der Waals surface area (Å²) < 4.78 is 23.6. The Balaban J connectivity index is 3.22. The fourth-order valence-corrected chi connectivity index (χ4v) is 0. The predicted octanol–water partition coefficient (Wildman–Crippen LogP) is 1.49. The summed E-state index contributed by atoms with van der Waals surface area (Å²) in [6.45, 7) is -0.267. The van der Waals surface area contributed by atoms with Crippen LogP contribution < -0.4 is 0 Å². The molecule has 0 aromatic carbocycles. The Bertz CT molecular complexity index is 59.8. The lowest BCUT2D eigenvalue weighted by atomic mass is 10.8. The molecule has 0 amide bonds. The first-order valence-electron chi connectivity index (χ1n) is 2.07. The quantitative estimate of drug-likeness (QED) is 0.399. The summed E-state index contributed by atoms with van der Waals surface area (Å²) in [5.74, 6) is 0. The minimum Gasteiger partial charge on any atom is -0.216 e. The summed E-state index contributed by atoms with van der Waals surface area (Å²) >= 11 is 0. The maximum absolute atomic E-state index is 10.9. The van der Waals surface area contributed by atoms with Crippen LogP contribution in [0.1, 0.15) is 9.64 Å². The van der Waals surface area contributed by atoms with Gasteiger partial charge in [-0.3, -0.25) is 0 Å². The molecule has 0 atom stereocenters. The van der Waals surface area contributed by atoms with Crippen LogP contribution in [-0.2, 0) is 0 Å². The van der Waals surface area contributed by atoms with E-state index in [9.17, 15) is 4.39 Å². The number of hydrogen-bond donors (Lipinski definition) is 0. The highest BCUT2D eigenvalue weighted by Crippen LogP contribution is 1.62. The molecule has 0 aliphatic heterocycles. The standard InChI is InChI=1S/C3H5F/c1-2-3-4/h2-3H,1H3/b3-2+/i1D,2D. The molecule has 0 fully saturated rings. The number of allylic oxidation sites excluding steroid dienone is 1. The number of hydrogen-bond acceptors (Lipinski definition) is 0. The Hall–Kier alpha value is -0.330. The van der Waals surface area contributed by atoms with Gasteiger partial charge in [-0.1, -0.05) is 6.05 Å². The van der Waals surface area contributed by atoms with E-state index in [-0.39, 0.29) is 19.3 Å². The van der Waals surface area contributed by atoms with Gasteiger partial charge in [0.2, 0.25) is 0 Å². The summed E-state index contributed by atoms with van der Waals surface area (Å²) in [6.07, 6.45) is 0.118. The Morgan fingerprint density at radius 3 is 3.25 bits per heavy atom. The highest BCUT2D eigenvalue weighted by atomic mass is 19.1. The van der Waals surface area contributed by atoms with Gasteiger partial charge in [-0.25, -0.2) is 4.39 Å². The van der Waals surface area contributed by atoms with E-state index >= 15 is 0 Å². The van der Waals surface area contributed by atoms with Gasteiger partial charge >= 0.3 is 0 Å². The van der Waals surface area contributed by atoms with E-state index in [1.807, 2.05) is 0 Å². The molecule has 0 spiro atoms. The van der Waals surface area contributed by atoms with Crippen molar-refractivity contribution in [3.63, 3.8) is 0 Å². The Morgan fingerprint density at radius 1 is 2.50 bits per heavy atom. The molecule has 0 saturated carbocycles. The predicted molar refractivity (Wildman–Crippen MR) is 15.9 cm³/mol. The van der Waals surface area contributed by atoms with Gasteiger partial charge in [-0.15, -0.1) is 0 Å². The lowest BCUT2D eigenvalue weighted by molar-refractivity contribution is 0.719. The summed E-state index contributed by atoms with van der Waals surface area (Å²) in [5, 5.41) is 0. The van der Waals surface area contributed by atoms with E-state index < -0.39 is 0 Å². The van der Waals surface area contributed by atoms with Crippen LogP contribution in [-0.4, -0.2) is 0 Å². The fraction of sp³-hybridized carbons (Fsp3) is 0.333. The topological polar surface area (TPSA) is 0 Å². The van der Waals surface area contributed by atoms with Gasteiger partial charge in [-0.2, -0.15) is 0 Å². The zero-order chi connectivity index (χ0) is 4.99. The van der Waals surface area contributed by atoms with Gasteiger partial charge in [-0.05, 0) is 6.90 Å². The van der Waals surface area contributed by atoms with Crippen LogP contribution in [0.2, 0.25) is 0 Å². The van der Waals surface area contributed by atoms with Crippen LogP contribution in [0.15, 0.2) is 12.4 Å². The van der Waals surface area contributed by atoms with E-state index in [1.165, 1.54) is 0 Å². The maximum atomic E-state index is 10.9. The molecule has 24 valence electrons. The molecule has 0 heterocycles. The summed E-state index contributed by atoms with van der Waals surface area (Å²) in [4.78, 5) is 0. The average molecular weight is 62.1 g/mol. The smallest absolute Gasteiger partial charge is 0.0824 e. The Kier molecular flexibility index (Phi) is 0.801. The van der Waals surface area contributed by atoms with Crippen molar-refractivity contribution in [2.45, 2.75) is 6.90 Å². The molecular weight excluding hydrogens is 55.0 g/mol. The van der Waals surface area contributed by atoms with Crippen LogP contribution in [0, 0.1) is 0 Å². The van der Waals surface area contributed by atoms with E-state index in [4.69, 9.17) is 2.74 Å². The van der Waals surface area contributed by atoms with Crippen molar-refractivity contribution in [1.82, 2.24) is 0 Å². The minimum atomic E-state index is -0.282. The van der Waals surface area contributed by atoms with E-state index in [2.05, 4.69) is 0 Å². The molecule has 0 aliphatic carbocycles. The molecule has 1 heteroatoms. The third-order valence-electron chi connectivity index (χ3n) is 0.0772. The van der Waals surface area contributed by atoms with Crippen molar-refractivity contribution in [2.24, 2.45) is 0 Å². The second kappa shape index (κ2) is 2.67. The van der Waals surface area contributed by atoms with Gasteiger partial charge in [0, 0.05) is 1.37 Å². The molecular formula is C3H5F. The number of rotatable bonds is 0. The molecule has 0 bridgehead atoms. The lowest BCUT2D eigenvalue weighted by Gasteiger charge is -1.45. The van der Waals surface area contributed by atoms with Crippen LogP contribution in [0.5, 0.6) is 0 Å². The van der Waals surface area contributed by atoms with Gasteiger partial charge in [0.25, 0.3) is 0 Å². The molecule has 0 aliphatic rings. The largest absolute Gasteiger partial charge is 0.216 e. The minimum absolute atomic E-state index is 0.118. The van der Waals surface area contributed by atoms with Gasteiger partial charge in [0.1, 0.15) is 0 Å². The van der Waals surface area contributed by atoms with Gasteiger partial charge in [0.15, 0.2) is 0 Å². The van der Waals surface area contributed by atoms with Gasteiger partial charge in [0.05, 0.1) is 7.70 Å². The number of halogens is 1. The van der Waals surface area contributed by atoms with E-state index in [0.717, 1.165) is 0 Å². The van der Waals surface area contributed by atoms with Crippen LogP contribution in [0.3, 0.4) is 0 Å². The maximum Gasteiger partial charge on any atom is 0.0824 e. The fourth-order valence-electron chi connectivity index (χ4n) is 0. The Labute approximate surface area is 27.8 Å². The monoisotopic (exact) mass is 62.1 g/mol. The first-order valence-corrected chi connectivity index (χ1v) is 0.860. The van der Waals surface area contributed by atoms with E-state index in [1.54, 1.807) is 0 Å². The third-order valence-corrected chi connectivity index (χ3v) is 0.0772. The SMILES string of the molecule is [2H]C/C([2H])=C/F. The van der Waals surface area contributed by atoms with Crippen molar-refractivity contribution < 1.29 is 7.13 Å². The van der Waals surface area contributed by atoms with E-state index in [0.29, 0.717) is 0 Å². The summed E-state index contributed by atoms with van der Waals surface area (Å²) in [7, 11) is 0. The molecule has 4 heavy (non-hydrogen) atoms. The van der Waals surface area contributed by atoms with Crippen LogP contribution in [0.25, 0.3) is 0 Å².